The van der Waals surface area contributed by atoms with Crippen molar-refractivity contribution >= 4 is 40.9 Å². The van der Waals surface area contributed by atoms with Gasteiger partial charge in [-0.1, -0.05) is 19.4 Å². The van der Waals surface area contributed by atoms with E-state index < -0.39 is 29.6 Å². The van der Waals surface area contributed by atoms with Crippen LogP contribution in [0.3, 0.4) is 0 Å². The molecule has 2 rings (SSSR count). The van der Waals surface area contributed by atoms with E-state index in [2.05, 4.69) is 4.74 Å². The summed E-state index contributed by atoms with van der Waals surface area (Å²) in [6.07, 6.45) is 3.11. The van der Waals surface area contributed by atoms with Crippen molar-refractivity contribution in [1.29, 1.82) is 0 Å². The van der Waals surface area contributed by atoms with Crippen LogP contribution in [0.15, 0.2) is 23.1 Å². The number of benzene rings is 1. The van der Waals surface area contributed by atoms with Gasteiger partial charge in [-0.05, 0) is 48.9 Å². The van der Waals surface area contributed by atoms with Gasteiger partial charge in [0.1, 0.15) is 6.54 Å². The molecule has 2 amide bonds. The Balaban J connectivity index is 2.12. The van der Waals surface area contributed by atoms with Gasteiger partial charge < -0.3 is 18.9 Å². The monoisotopic (exact) mass is 451 g/mol. The van der Waals surface area contributed by atoms with Gasteiger partial charge in [0.15, 0.2) is 18.1 Å². The molecule has 9 nitrogen and oxygen atoms in total. The van der Waals surface area contributed by atoms with Gasteiger partial charge in [0, 0.05) is 0 Å². The number of esters is 2. The molecule has 10 heteroatoms. The Hall–Kier alpha value is -3.01. The molecular weight excluding hydrogens is 426 g/mol. The topological polar surface area (TPSA) is 108 Å². The van der Waals surface area contributed by atoms with Crippen molar-refractivity contribution in [3.8, 4) is 11.5 Å². The van der Waals surface area contributed by atoms with Crippen LogP contribution in [-0.2, 0) is 23.9 Å². The number of carbonyl (C=O) groups is 4. The van der Waals surface area contributed by atoms with Crippen molar-refractivity contribution < 1.29 is 38.1 Å². The number of methoxy groups -OCH3 is 1. The van der Waals surface area contributed by atoms with Crippen LogP contribution in [0.5, 0.6) is 11.5 Å². The van der Waals surface area contributed by atoms with E-state index in [0.29, 0.717) is 23.7 Å². The molecule has 0 saturated carbocycles. The summed E-state index contributed by atoms with van der Waals surface area (Å²) >= 11 is 0.745. The Morgan fingerprint density at radius 3 is 2.55 bits per heavy atom. The number of thioether (sulfide) groups is 1. The predicted molar refractivity (Wildman–Crippen MR) is 114 cm³/mol. The van der Waals surface area contributed by atoms with Crippen LogP contribution in [0.2, 0.25) is 0 Å². The van der Waals surface area contributed by atoms with Gasteiger partial charge in [-0.25, -0.2) is 4.79 Å². The number of hydrogen-bond donors (Lipinski definition) is 0. The third kappa shape index (κ3) is 7.02. The van der Waals surface area contributed by atoms with E-state index in [9.17, 15) is 19.2 Å². The second kappa shape index (κ2) is 12.0. The largest absolute Gasteiger partial charge is 0.490 e. The molecule has 1 aliphatic rings. The van der Waals surface area contributed by atoms with Crippen molar-refractivity contribution in [1.82, 2.24) is 4.90 Å². The Bertz CT molecular complexity index is 867. The maximum Gasteiger partial charge on any atom is 0.343 e. The van der Waals surface area contributed by atoms with Crippen molar-refractivity contribution in [2.24, 2.45) is 0 Å². The highest BCUT2D eigenvalue weighted by Crippen LogP contribution is 2.34. The molecule has 1 aromatic rings. The van der Waals surface area contributed by atoms with E-state index in [4.69, 9.17) is 14.2 Å². The highest BCUT2D eigenvalue weighted by molar-refractivity contribution is 8.18. The fraction of sp³-hybridized carbons (Fsp3) is 0.429. The van der Waals surface area contributed by atoms with Gasteiger partial charge >= 0.3 is 11.9 Å². The number of carbonyl (C=O) groups excluding carboxylic acids is 4. The van der Waals surface area contributed by atoms with Crippen LogP contribution in [0.4, 0.5) is 4.79 Å². The first-order valence-electron chi connectivity index (χ1n) is 9.77. The summed E-state index contributed by atoms with van der Waals surface area (Å²) in [5.41, 5.74) is 0.588. The summed E-state index contributed by atoms with van der Waals surface area (Å²) in [6.45, 7) is 3.67. The number of rotatable bonds is 11. The van der Waals surface area contributed by atoms with Crippen LogP contribution in [0.25, 0.3) is 6.08 Å². The second-order valence-electron chi connectivity index (χ2n) is 6.35. The maximum absolute atomic E-state index is 12.6. The summed E-state index contributed by atoms with van der Waals surface area (Å²) in [6, 6.07) is 4.88. The van der Waals surface area contributed by atoms with E-state index in [1.165, 1.54) is 13.2 Å². The minimum atomic E-state index is -0.622. The zero-order valence-corrected chi connectivity index (χ0v) is 18.5. The number of ether oxygens (including phenoxy) is 4. The Morgan fingerprint density at radius 1 is 1.10 bits per heavy atom. The third-order valence-electron chi connectivity index (χ3n) is 4.06. The van der Waals surface area contributed by atoms with Gasteiger partial charge in [0.2, 0.25) is 0 Å². The molecule has 0 spiro atoms. The smallest absolute Gasteiger partial charge is 0.343 e. The Labute approximate surface area is 184 Å². The molecular formula is C21H25NO8S. The zero-order chi connectivity index (χ0) is 22.8. The summed E-state index contributed by atoms with van der Waals surface area (Å²) in [7, 11) is 1.26. The molecule has 0 aromatic heterocycles. The molecule has 0 atom stereocenters. The zero-order valence-electron chi connectivity index (χ0n) is 17.7. The highest BCUT2D eigenvalue weighted by Gasteiger charge is 2.36. The molecule has 1 saturated heterocycles. The molecule has 0 aliphatic carbocycles. The molecule has 31 heavy (non-hydrogen) atoms. The first kappa shape index (κ1) is 24.3. The second-order valence-corrected chi connectivity index (χ2v) is 7.34. The molecule has 0 bridgehead atoms. The summed E-state index contributed by atoms with van der Waals surface area (Å²) < 4.78 is 20.5. The SMILES string of the molecule is CCCCOC(=O)CN1C(=O)S/C(=C/c2ccc(OCC(=O)OC)c(OCC)c2)C1=O. The fourth-order valence-corrected chi connectivity index (χ4v) is 3.33. The number of nitrogens with zero attached hydrogens (tertiary/aromatic N) is 1. The highest BCUT2D eigenvalue weighted by atomic mass is 32.2. The van der Waals surface area contributed by atoms with E-state index in [-0.39, 0.29) is 18.1 Å². The summed E-state index contributed by atoms with van der Waals surface area (Å²) in [4.78, 5) is 48.9. The first-order chi connectivity index (χ1) is 14.9. The number of imide groups is 1. The molecule has 1 heterocycles. The van der Waals surface area contributed by atoms with E-state index >= 15 is 0 Å². The average molecular weight is 451 g/mol. The average Bonchev–Trinajstić information content (AvgIpc) is 3.00. The van der Waals surface area contributed by atoms with Crippen LogP contribution in [0, 0.1) is 0 Å². The maximum atomic E-state index is 12.6. The molecule has 168 valence electrons. The lowest BCUT2D eigenvalue weighted by molar-refractivity contribution is -0.146. The lowest BCUT2D eigenvalue weighted by Gasteiger charge is -2.12. The normalized spacial score (nSPS) is 14.7. The molecule has 0 N–H and O–H groups in total. The number of hydrogen-bond acceptors (Lipinski definition) is 9. The Kier molecular flexibility index (Phi) is 9.39. The quantitative estimate of drug-likeness (QED) is 0.285. The minimum Gasteiger partial charge on any atom is -0.490 e. The molecule has 1 aromatic carbocycles. The molecule has 1 fully saturated rings. The lowest BCUT2D eigenvalue weighted by Crippen LogP contribution is -2.34. The predicted octanol–water partition coefficient (Wildman–Crippen LogP) is 3.02. The van der Waals surface area contributed by atoms with Gasteiger partial charge in [0.05, 0.1) is 25.2 Å². The fourth-order valence-electron chi connectivity index (χ4n) is 2.49. The van der Waals surface area contributed by atoms with Gasteiger partial charge in [0.25, 0.3) is 11.1 Å². The first-order valence-corrected chi connectivity index (χ1v) is 10.6. The van der Waals surface area contributed by atoms with E-state index in [1.54, 1.807) is 25.1 Å². The summed E-state index contributed by atoms with van der Waals surface area (Å²) in [5.74, 6) is -1.01. The molecule has 1 aliphatic heterocycles. The van der Waals surface area contributed by atoms with Gasteiger partial charge in [-0.3, -0.25) is 19.3 Å². The van der Waals surface area contributed by atoms with Crippen molar-refractivity contribution in [3.63, 3.8) is 0 Å². The molecule has 0 radical (unpaired) electrons. The number of amides is 2. The standard InChI is InChI=1S/C21H25NO8S/c1-4-6-9-29-18(23)12-22-20(25)17(31-21(22)26)11-14-7-8-15(16(10-14)28-5-2)30-13-19(24)27-3/h7-8,10-11H,4-6,9,12-13H2,1-3H3/b17-11+. The van der Waals surface area contributed by atoms with Crippen LogP contribution >= 0.6 is 11.8 Å². The van der Waals surface area contributed by atoms with Crippen molar-refractivity contribution in [3.05, 3.63) is 28.7 Å². The van der Waals surface area contributed by atoms with Crippen LogP contribution in [0.1, 0.15) is 32.3 Å². The van der Waals surface area contributed by atoms with Crippen molar-refractivity contribution in [2.75, 3.05) is 33.5 Å². The number of unbranched alkanes of at least 4 members (excludes halogenated alkanes) is 1. The summed E-state index contributed by atoms with van der Waals surface area (Å²) in [5, 5.41) is -0.535. The van der Waals surface area contributed by atoms with Crippen LogP contribution in [-0.4, -0.2) is 61.5 Å². The van der Waals surface area contributed by atoms with Crippen LogP contribution < -0.4 is 9.47 Å². The molecule has 0 unspecified atom stereocenters. The minimum absolute atomic E-state index is 0.178. The lowest BCUT2D eigenvalue weighted by atomic mass is 10.2. The van der Waals surface area contributed by atoms with E-state index in [0.717, 1.165) is 29.5 Å². The van der Waals surface area contributed by atoms with Gasteiger partial charge in [-0.2, -0.15) is 0 Å². The Morgan fingerprint density at radius 2 is 1.87 bits per heavy atom. The van der Waals surface area contributed by atoms with Gasteiger partial charge in [-0.15, -0.1) is 0 Å². The van der Waals surface area contributed by atoms with E-state index in [1.807, 2.05) is 6.92 Å². The third-order valence-corrected chi connectivity index (χ3v) is 4.97. The van der Waals surface area contributed by atoms with Crippen molar-refractivity contribution in [2.45, 2.75) is 26.7 Å².